The van der Waals surface area contributed by atoms with E-state index in [1.807, 2.05) is 0 Å². The van der Waals surface area contributed by atoms with Gasteiger partial charge in [0.05, 0.1) is 10.6 Å². The number of benzene rings is 1. The van der Waals surface area contributed by atoms with E-state index in [9.17, 15) is 9.59 Å². The summed E-state index contributed by atoms with van der Waals surface area (Å²) in [6, 6.07) is 4.58. The van der Waals surface area contributed by atoms with E-state index in [0.717, 1.165) is 0 Å². The summed E-state index contributed by atoms with van der Waals surface area (Å²) in [7, 11) is 3.28. The van der Waals surface area contributed by atoms with Crippen LogP contribution in [0.15, 0.2) is 18.2 Å². The highest BCUT2D eigenvalue weighted by Gasteiger charge is 2.14. The van der Waals surface area contributed by atoms with Crippen LogP contribution in [0.25, 0.3) is 0 Å². The number of nitrogens with two attached hydrogens (primary N) is 1. The second-order valence-electron chi connectivity index (χ2n) is 4.62. The van der Waals surface area contributed by atoms with Crippen molar-refractivity contribution < 1.29 is 9.59 Å². The molecule has 5 nitrogen and oxygen atoms in total. The second-order valence-corrected chi connectivity index (χ2v) is 5.03. The lowest BCUT2D eigenvalue weighted by Gasteiger charge is -2.13. The molecule has 1 aromatic carbocycles. The molecular weight excluding hydrogens is 301 g/mol. The summed E-state index contributed by atoms with van der Waals surface area (Å²) in [6.07, 6.45) is 0.222. The Labute approximate surface area is 129 Å². The van der Waals surface area contributed by atoms with Gasteiger partial charge in [0.25, 0.3) is 5.91 Å². The van der Waals surface area contributed by atoms with Gasteiger partial charge in [0.1, 0.15) is 0 Å². The molecule has 7 heteroatoms. The maximum absolute atomic E-state index is 11.9. The van der Waals surface area contributed by atoms with Gasteiger partial charge < -0.3 is 16.0 Å². The van der Waals surface area contributed by atoms with Gasteiger partial charge in [-0.05, 0) is 25.1 Å². The van der Waals surface area contributed by atoms with Gasteiger partial charge in [0.15, 0.2) is 0 Å². The van der Waals surface area contributed by atoms with Crippen molar-refractivity contribution in [3.63, 3.8) is 0 Å². The highest BCUT2D eigenvalue weighted by Crippen LogP contribution is 2.21. The third kappa shape index (κ3) is 5.36. The number of anilines is 1. The second kappa shape index (κ2) is 8.09. The van der Waals surface area contributed by atoms with Crippen LogP contribution in [0.5, 0.6) is 0 Å². The van der Waals surface area contributed by atoms with Crippen molar-refractivity contribution in [3.05, 3.63) is 28.8 Å². The van der Waals surface area contributed by atoms with Gasteiger partial charge >= 0.3 is 0 Å². The Morgan fingerprint density at radius 2 is 2.00 bits per heavy atom. The van der Waals surface area contributed by atoms with Crippen LogP contribution in [-0.2, 0) is 4.79 Å². The van der Waals surface area contributed by atoms with Crippen molar-refractivity contribution in [2.45, 2.75) is 19.4 Å². The van der Waals surface area contributed by atoms with E-state index >= 15 is 0 Å². The quantitative estimate of drug-likeness (QED) is 0.892. The Morgan fingerprint density at radius 1 is 1.40 bits per heavy atom. The smallest absolute Gasteiger partial charge is 0.254 e. The predicted molar refractivity (Wildman–Crippen MR) is 83.6 cm³/mol. The van der Waals surface area contributed by atoms with Crippen molar-refractivity contribution >= 4 is 41.5 Å². The molecule has 1 rings (SSSR count). The first kappa shape index (κ1) is 18.7. The zero-order valence-electron chi connectivity index (χ0n) is 11.6. The Hall–Kier alpha value is -1.30. The van der Waals surface area contributed by atoms with E-state index in [4.69, 9.17) is 17.3 Å². The van der Waals surface area contributed by atoms with Gasteiger partial charge in [0.2, 0.25) is 5.91 Å². The topological polar surface area (TPSA) is 75.4 Å². The van der Waals surface area contributed by atoms with Gasteiger partial charge in [-0.2, -0.15) is 0 Å². The molecule has 0 saturated heterocycles. The molecule has 0 fully saturated rings. The van der Waals surface area contributed by atoms with Gasteiger partial charge in [-0.25, -0.2) is 0 Å². The number of hydrogen-bond donors (Lipinski definition) is 2. The molecule has 0 radical (unpaired) electrons. The van der Waals surface area contributed by atoms with E-state index in [2.05, 4.69) is 5.32 Å². The molecule has 0 aliphatic heterocycles. The molecule has 0 aromatic heterocycles. The minimum Gasteiger partial charge on any atom is -0.345 e. The van der Waals surface area contributed by atoms with Gasteiger partial charge in [-0.15, -0.1) is 12.4 Å². The fourth-order valence-corrected chi connectivity index (χ4v) is 1.71. The highest BCUT2D eigenvalue weighted by molar-refractivity contribution is 6.34. The first-order valence-corrected chi connectivity index (χ1v) is 6.25. The van der Waals surface area contributed by atoms with E-state index in [0.29, 0.717) is 16.3 Å². The standard InChI is InChI=1S/C13H18ClN3O2.ClH/c1-8(15)6-12(18)16-9-4-5-11(14)10(7-9)13(19)17(2)3;/h4-5,7-8H,6,15H2,1-3H3,(H,16,18);1H. The lowest BCUT2D eigenvalue weighted by Crippen LogP contribution is -2.24. The van der Waals surface area contributed by atoms with Gasteiger partial charge in [-0.1, -0.05) is 11.6 Å². The summed E-state index contributed by atoms with van der Waals surface area (Å²) in [5.74, 6) is -0.408. The molecule has 112 valence electrons. The number of nitrogens with zero attached hydrogens (tertiary/aromatic N) is 1. The van der Waals surface area contributed by atoms with Crippen molar-refractivity contribution in [3.8, 4) is 0 Å². The summed E-state index contributed by atoms with van der Waals surface area (Å²) in [4.78, 5) is 24.9. The SMILES string of the molecule is CC(N)CC(=O)Nc1ccc(Cl)c(C(=O)N(C)C)c1.Cl. The molecule has 0 spiro atoms. The summed E-state index contributed by atoms with van der Waals surface area (Å²) >= 11 is 5.98. The number of carbonyl (C=O) groups excluding carboxylic acids is 2. The number of amides is 2. The maximum atomic E-state index is 11.9. The van der Waals surface area contributed by atoms with Crippen molar-refractivity contribution in [2.24, 2.45) is 5.73 Å². The number of carbonyl (C=O) groups is 2. The molecule has 0 aliphatic carbocycles. The van der Waals surface area contributed by atoms with Crippen LogP contribution in [-0.4, -0.2) is 36.9 Å². The van der Waals surface area contributed by atoms with Crippen molar-refractivity contribution in [1.29, 1.82) is 0 Å². The van der Waals surface area contributed by atoms with E-state index < -0.39 is 0 Å². The minimum atomic E-state index is -0.215. The fourth-order valence-electron chi connectivity index (χ4n) is 1.51. The van der Waals surface area contributed by atoms with Crippen LogP contribution in [0.4, 0.5) is 5.69 Å². The first-order valence-electron chi connectivity index (χ1n) is 5.88. The van der Waals surface area contributed by atoms with Gasteiger partial charge in [0, 0.05) is 32.2 Å². The van der Waals surface area contributed by atoms with Crippen LogP contribution in [0, 0.1) is 0 Å². The molecule has 2 amide bonds. The van der Waals surface area contributed by atoms with Crippen LogP contribution in [0.3, 0.4) is 0 Å². The summed E-state index contributed by atoms with van der Waals surface area (Å²) in [5, 5.41) is 3.04. The molecule has 1 atom stereocenters. The molecule has 0 bridgehead atoms. The average molecular weight is 320 g/mol. The zero-order valence-corrected chi connectivity index (χ0v) is 13.2. The lowest BCUT2D eigenvalue weighted by atomic mass is 10.1. The number of nitrogens with one attached hydrogen (secondary N) is 1. The molecule has 0 aliphatic rings. The molecular formula is C13H19Cl2N3O2. The third-order valence-electron chi connectivity index (χ3n) is 2.39. The fraction of sp³-hybridized carbons (Fsp3) is 0.385. The van der Waals surface area contributed by atoms with Crippen LogP contribution in [0.1, 0.15) is 23.7 Å². The lowest BCUT2D eigenvalue weighted by molar-refractivity contribution is -0.116. The number of hydrogen-bond acceptors (Lipinski definition) is 3. The Bertz CT molecular complexity index is 491. The largest absolute Gasteiger partial charge is 0.345 e. The van der Waals surface area contributed by atoms with Crippen LogP contribution in [0.2, 0.25) is 5.02 Å². The molecule has 1 unspecified atom stereocenters. The normalized spacial score (nSPS) is 11.2. The van der Waals surface area contributed by atoms with Crippen molar-refractivity contribution in [2.75, 3.05) is 19.4 Å². The first-order chi connectivity index (χ1) is 8.81. The average Bonchev–Trinajstić information content (AvgIpc) is 2.29. The third-order valence-corrected chi connectivity index (χ3v) is 2.72. The molecule has 0 saturated carbocycles. The predicted octanol–water partition coefficient (Wildman–Crippen LogP) is 2.14. The van der Waals surface area contributed by atoms with E-state index in [1.54, 1.807) is 39.2 Å². The monoisotopic (exact) mass is 319 g/mol. The van der Waals surface area contributed by atoms with E-state index in [-0.39, 0.29) is 36.7 Å². The summed E-state index contributed by atoms with van der Waals surface area (Å²) in [5.41, 5.74) is 6.43. The zero-order chi connectivity index (χ0) is 14.6. The van der Waals surface area contributed by atoms with Gasteiger partial charge in [-0.3, -0.25) is 9.59 Å². The summed E-state index contributed by atoms with van der Waals surface area (Å²) < 4.78 is 0. The Morgan fingerprint density at radius 3 is 2.50 bits per heavy atom. The molecule has 0 heterocycles. The molecule has 1 aromatic rings. The Balaban J connectivity index is 0.00000361. The van der Waals surface area contributed by atoms with Crippen molar-refractivity contribution in [1.82, 2.24) is 4.90 Å². The summed E-state index contributed by atoms with van der Waals surface area (Å²) in [6.45, 7) is 1.75. The number of rotatable bonds is 4. The van der Waals surface area contributed by atoms with E-state index in [1.165, 1.54) is 4.90 Å². The van der Waals surface area contributed by atoms with Crippen LogP contribution < -0.4 is 11.1 Å². The number of halogens is 2. The Kier molecular flexibility index (Phi) is 7.57. The minimum absolute atomic E-state index is 0. The molecule has 3 N–H and O–H groups in total. The van der Waals surface area contributed by atoms with Crippen LogP contribution >= 0.6 is 24.0 Å². The highest BCUT2D eigenvalue weighted by atomic mass is 35.5. The molecule has 20 heavy (non-hydrogen) atoms. The maximum Gasteiger partial charge on any atom is 0.254 e.